The molecule has 3 aliphatic rings. The van der Waals surface area contributed by atoms with Crippen molar-refractivity contribution in [3.8, 4) is 0 Å². The zero-order valence-electron chi connectivity index (χ0n) is 19.1. The summed E-state index contributed by atoms with van der Waals surface area (Å²) in [6.45, 7) is 12.2. The Hall–Kier alpha value is -0.940. The van der Waals surface area contributed by atoms with E-state index in [0.29, 0.717) is 24.7 Å². The van der Waals surface area contributed by atoms with E-state index < -0.39 is 11.0 Å². The fourth-order valence-corrected chi connectivity index (χ4v) is 7.06. The van der Waals surface area contributed by atoms with Crippen LogP contribution in [0, 0.1) is 28.6 Å². The van der Waals surface area contributed by atoms with Crippen LogP contribution in [0.3, 0.4) is 0 Å². The van der Waals surface area contributed by atoms with Crippen LogP contribution in [0.2, 0.25) is 0 Å². The maximum atomic E-state index is 11.6. The predicted molar refractivity (Wildman–Crippen MR) is 111 cm³/mol. The molecule has 0 amide bonds. The van der Waals surface area contributed by atoms with Gasteiger partial charge in [-0.2, -0.15) is 0 Å². The molecule has 166 valence electrons. The topological polar surface area (TPSA) is 72.8 Å². The molecule has 5 heteroatoms. The summed E-state index contributed by atoms with van der Waals surface area (Å²) in [5.74, 6) is 0.902. The second-order valence-electron chi connectivity index (χ2n) is 11.4. The lowest BCUT2D eigenvalue weighted by molar-refractivity contribution is -0.216. The molecule has 0 radical (unpaired) electrons. The third kappa shape index (κ3) is 3.89. The van der Waals surface area contributed by atoms with Crippen molar-refractivity contribution in [3.05, 3.63) is 0 Å². The van der Waals surface area contributed by atoms with Crippen molar-refractivity contribution in [2.75, 3.05) is 6.61 Å². The molecule has 29 heavy (non-hydrogen) atoms. The molecule has 0 aromatic heterocycles. The van der Waals surface area contributed by atoms with Gasteiger partial charge in [-0.15, -0.1) is 0 Å². The van der Waals surface area contributed by atoms with Crippen molar-refractivity contribution in [3.63, 3.8) is 0 Å². The van der Waals surface area contributed by atoms with Gasteiger partial charge in [-0.3, -0.25) is 4.79 Å². The first kappa shape index (κ1) is 22.7. The minimum absolute atomic E-state index is 0.0202. The Morgan fingerprint density at radius 3 is 2.38 bits per heavy atom. The molecule has 3 saturated carbocycles. The monoisotopic (exact) mass is 408 g/mol. The molecular formula is C24H40O5. The summed E-state index contributed by atoms with van der Waals surface area (Å²) in [7, 11) is 0. The predicted octanol–water partition coefficient (Wildman–Crippen LogP) is 4.30. The molecular weight excluding hydrogens is 368 g/mol. The number of aldehydes is 1. The van der Waals surface area contributed by atoms with Crippen LogP contribution in [0.1, 0.15) is 86.5 Å². The molecule has 0 aromatic carbocycles. The minimum atomic E-state index is -1.14. The van der Waals surface area contributed by atoms with E-state index in [-0.39, 0.29) is 35.6 Å². The van der Waals surface area contributed by atoms with E-state index in [1.165, 1.54) is 6.92 Å². The minimum Gasteiger partial charge on any atom is -0.463 e. The summed E-state index contributed by atoms with van der Waals surface area (Å²) in [5.41, 5.74) is -1.71. The Morgan fingerprint density at radius 1 is 1.10 bits per heavy atom. The summed E-state index contributed by atoms with van der Waals surface area (Å²) in [4.78, 5) is 23.0. The Kier molecular flexibility index (Phi) is 5.99. The highest BCUT2D eigenvalue weighted by atomic mass is 16.5. The summed E-state index contributed by atoms with van der Waals surface area (Å²) in [6.07, 6.45) is 7.27. The van der Waals surface area contributed by atoms with Crippen molar-refractivity contribution < 1.29 is 24.2 Å². The van der Waals surface area contributed by atoms with E-state index in [1.54, 1.807) is 0 Å². The van der Waals surface area contributed by atoms with Crippen LogP contribution in [-0.2, 0) is 19.1 Å². The Balaban J connectivity index is 1.87. The molecule has 3 aliphatic carbocycles. The summed E-state index contributed by atoms with van der Waals surface area (Å²) in [6, 6.07) is 0. The van der Waals surface area contributed by atoms with Crippen molar-refractivity contribution in [1.82, 2.24) is 0 Å². The highest BCUT2D eigenvalue weighted by molar-refractivity contribution is 5.66. The molecule has 3 fully saturated rings. The largest absolute Gasteiger partial charge is 0.463 e. The molecule has 3 rings (SSSR count). The van der Waals surface area contributed by atoms with Crippen LogP contribution in [-0.4, -0.2) is 41.3 Å². The van der Waals surface area contributed by atoms with Gasteiger partial charge in [0.15, 0.2) is 0 Å². The number of hydrogen-bond acceptors (Lipinski definition) is 5. The number of aliphatic hydroxyl groups is 1. The third-order valence-electron chi connectivity index (χ3n) is 8.64. The van der Waals surface area contributed by atoms with Gasteiger partial charge in [0.25, 0.3) is 0 Å². The summed E-state index contributed by atoms with van der Waals surface area (Å²) >= 11 is 0. The molecule has 0 saturated heterocycles. The van der Waals surface area contributed by atoms with Gasteiger partial charge in [-0.25, -0.2) is 0 Å². The lowest BCUT2D eigenvalue weighted by Crippen LogP contribution is -2.62. The average molecular weight is 409 g/mol. The van der Waals surface area contributed by atoms with Crippen LogP contribution in [0.25, 0.3) is 0 Å². The van der Waals surface area contributed by atoms with Crippen LogP contribution < -0.4 is 0 Å². The number of carbonyl (C=O) groups excluding carboxylic acids is 2. The van der Waals surface area contributed by atoms with E-state index in [1.807, 2.05) is 6.92 Å². The molecule has 1 unspecified atom stereocenters. The lowest BCUT2D eigenvalue weighted by Gasteiger charge is -2.61. The molecule has 0 bridgehead atoms. The van der Waals surface area contributed by atoms with Gasteiger partial charge in [0.05, 0.1) is 11.7 Å². The molecule has 7 atom stereocenters. The SMILES string of the molecule is CC(=O)OC[C@]1(O)CC[C@H]2[C@@H]3CCC(OC(C)(C)C)[C@@]3(C)CC[C@@H]2[C@@]1(C)CC=O. The van der Waals surface area contributed by atoms with Gasteiger partial charge in [0, 0.05) is 18.8 Å². The van der Waals surface area contributed by atoms with Gasteiger partial charge >= 0.3 is 5.97 Å². The number of esters is 1. The van der Waals surface area contributed by atoms with E-state index in [0.717, 1.165) is 38.4 Å². The highest BCUT2D eigenvalue weighted by Gasteiger charge is 2.64. The quantitative estimate of drug-likeness (QED) is 0.542. The smallest absolute Gasteiger partial charge is 0.302 e. The average Bonchev–Trinajstić information content (AvgIpc) is 2.92. The highest BCUT2D eigenvalue weighted by Crippen LogP contribution is 2.65. The number of rotatable bonds is 5. The van der Waals surface area contributed by atoms with Crippen LogP contribution >= 0.6 is 0 Å². The van der Waals surface area contributed by atoms with Crippen molar-refractivity contribution in [2.45, 2.75) is 104 Å². The second kappa shape index (κ2) is 7.64. The Bertz CT molecular complexity index is 640. The molecule has 0 aromatic rings. The molecule has 5 nitrogen and oxygen atoms in total. The maximum absolute atomic E-state index is 11.6. The zero-order chi connectivity index (χ0) is 21.7. The van der Waals surface area contributed by atoms with Gasteiger partial charge in [0.2, 0.25) is 0 Å². The van der Waals surface area contributed by atoms with Crippen molar-refractivity contribution >= 4 is 12.3 Å². The third-order valence-corrected chi connectivity index (χ3v) is 8.64. The maximum Gasteiger partial charge on any atom is 0.302 e. The van der Waals surface area contributed by atoms with Gasteiger partial charge in [0.1, 0.15) is 18.5 Å². The van der Waals surface area contributed by atoms with Gasteiger partial charge < -0.3 is 19.4 Å². The van der Waals surface area contributed by atoms with Crippen molar-refractivity contribution in [1.29, 1.82) is 0 Å². The van der Waals surface area contributed by atoms with Gasteiger partial charge in [-0.05, 0) is 82.5 Å². The second-order valence-corrected chi connectivity index (χ2v) is 11.4. The first-order valence-electron chi connectivity index (χ1n) is 11.3. The van der Waals surface area contributed by atoms with E-state index in [4.69, 9.17) is 9.47 Å². The zero-order valence-corrected chi connectivity index (χ0v) is 19.1. The van der Waals surface area contributed by atoms with Crippen LogP contribution in [0.15, 0.2) is 0 Å². The summed E-state index contributed by atoms with van der Waals surface area (Å²) < 4.78 is 11.8. The first-order chi connectivity index (χ1) is 13.4. The molecule has 1 N–H and O–H groups in total. The first-order valence-corrected chi connectivity index (χ1v) is 11.3. The fraction of sp³-hybridized carbons (Fsp3) is 0.917. The Labute approximate surface area is 175 Å². The standard InChI is InChI=1S/C24H40O5/c1-16(26)28-15-24(27)12-9-17-18-7-8-20(29-21(2,3)4)22(18,5)11-10-19(17)23(24,6)13-14-25/h14,17-20,27H,7-13,15H2,1-6H3/t17-,18-,19-,20?,22-,23+,24+/m0/s1. The number of ether oxygens (including phenoxy) is 2. The van der Waals surface area contributed by atoms with E-state index in [2.05, 4.69) is 27.7 Å². The normalized spacial score (nSPS) is 44.7. The number of fused-ring (bicyclic) bond motifs is 3. The fourth-order valence-electron chi connectivity index (χ4n) is 7.06. The molecule has 0 spiro atoms. The molecule has 0 aliphatic heterocycles. The van der Waals surface area contributed by atoms with Crippen LogP contribution in [0.4, 0.5) is 0 Å². The molecule has 0 heterocycles. The lowest BCUT2D eigenvalue weighted by atomic mass is 9.46. The summed E-state index contributed by atoms with van der Waals surface area (Å²) in [5, 5.41) is 11.6. The van der Waals surface area contributed by atoms with Crippen LogP contribution in [0.5, 0.6) is 0 Å². The number of hydrogen-bond donors (Lipinski definition) is 1. The van der Waals surface area contributed by atoms with E-state index in [9.17, 15) is 14.7 Å². The van der Waals surface area contributed by atoms with E-state index >= 15 is 0 Å². The van der Waals surface area contributed by atoms with Crippen molar-refractivity contribution in [2.24, 2.45) is 28.6 Å². The Morgan fingerprint density at radius 2 is 1.79 bits per heavy atom. The number of carbonyl (C=O) groups is 2. The van der Waals surface area contributed by atoms with Gasteiger partial charge in [-0.1, -0.05) is 13.8 Å².